The van der Waals surface area contributed by atoms with Crippen LogP contribution in [0.3, 0.4) is 0 Å². The second-order valence-corrected chi connectivity index (χ2v) is 5.12. The zero-order valence-electron chi connectivity index (χ0n) is 13.7. The van der Waals surface area contributed by atoms with Crippen molar-refractivity contribution in [3.8, 4) is 11.5 Å². The molecule has 2 aromatic rings. The van der Waals surface area contributed by atoms with Gasteiger partial charge in [0.1, 0.15) is 0 Å². The van der Waals surface area contributed by atoms with Crippen LogP contribution in [0.1, 0.15) is 11.1 Å². The van der Waals surface area contributed by atoms with Gasteiger partial charge in [-0.05, 0) is 23.3 Å². The lowest BCUT2D eigenvalue weighted by Crippen LogP contribution is -2.43. The number of carbonyl (C=O) groups excluding carboxylic acids is 2. The number of carbonyl (C=O) groups is 2. The quantitative estimate of drug-likeness (QED) is 0.790. The summed E-state index contributed by atoms with van der Waals surface area (Å²) in [4.78, 5) is 23.7. The normalized spacial score (nSPS) is 9.92. The Morgan fingerprint density at radius 3 is 1.96 bits per heavy atom. The van der Waals surface area contributed by atoms with Gasteiger partial charge in [-0.15, -0.1) is 0 Å². The Morgan fingerprint density at radius 2 is 1.38 bits per heavy atom. The van der Waals surface area contributed by atoms with Crippen LogP contribution in [0.25, 0.3) is 0 Å². The smallest absolute Gasteiger partial charge is 0.242 e. The van der Waals surface area contributed by atoms with Crippen LogP contribution < -0.4 is 20.3 Å². The highest BCUT2D eigenvalue weighted by Gasteiger charge is 2.09. The molecule has 0 unspecified atom stereocenters. The number of rotatable bonds is 6. The van der Waals surface area contributed by atoms with Gasteiger partial charge in [-0.2, -0.15) is 0 Å². The summed E-state index contributed by atoms with van der Waals surface area (Å²) in [6.07, 6.45) is 0.323. The van der Waals surface area contributed by atoms with Gasteiger partial charge in [-0.1, -0.05) is 36.4 Å². The van der Waals surface area contributed by atoms with Crippen molar-refractivity contribution in [1.82, 2.24) is 10.9 Å². The molecule has 0 saturated heterocycles. The number of methoxy groups -OCH3 is 2. The molecule has 6 heteroatoms. The van der Waals surface area contributed by atoms with E-state index in [1.165, 1.54) is 7.11 Å². The minimum atomic E-state index is -0.316. The van der Waals surface area contributed by atoms with E-state index in [4.69, 9.17) is 9.47 Å². The van der Waals surface area contributed by atoms with Gasteiger partial charge in [0.25, 0.3) is 0 Å². The van der Waals surface area contributed by atoms with Gasteiger partial charge < -0.3 is 9.47 Å². The fourth-order valence-corrected chi connectivity index (χ4v) is 2.19. The molecule has 0 spiro atoms. The van der Waals surface area contributed by atoms with Crippen LogP contribution in [0.15, 0.2) is 48.5 Å². The Balaban J connectivity index is 1.84. The molecule has 126 valence electrons. The molecule has 0 atom stereocenters. The maximum absolute atomic E-state index is 11.9. The topological polar surface area (TPSA) is 76.7 Å². The molecule has 2 N–H and O–H groups in total. The highest BCUT2D eigenvalue weighted by atomic mass is 16.5. The summed E-state index contributed by atoms with van der Waals surface area (Å²) < 4.78 is 10.3. The molecule has 0 aromatic heterocycles. The average Bonchev–Trinajstić information content (AvgIpc) is 2.60. The molecule has 0 heterocycles. The number of hydrogen-bond acceptors (Lipinski definition) is 4. The zero-order valence-corrected chi connectivity index (χ0v) is 13.7. The molecule has 6 nitrogen and oxygen atoms in total. The van der Waals surface area contributed by atoms with Crippen LogP contribution in [0.5, 0.6) is 11.5 Å². The molecule has 24 heavy (non-hydrogen) atoms. The van der Waals surface area contributed by atoms with E-state index in [1.54, 1.807) is 25.3 Å². The molecule has 0 aliphatic rings. The summed E-state index contributed by atoms with van der Waals surface area (Å²) in [6.45, 7) is 0. The number of hydrazine groups is 1. The fraction of sp³-hybridized carbons (Fsp3) is 0.222. The van der Waals surface area contributed by atoms with Crippen LogP contribution >= 0.6 is 0 Å². The summed E-state index contributed by atoms with van der Waals surface area (Å²) in [5, 5.41) is 0. The van der Waals surface area contributed by atoms with Crippen molar-refractivity contribution in [2.75, 3.05) is 14.2 Å². The van der Waals surface area contributed by atoms with E-state index < -0.39 is 0 Å². The van der Waals surface area contributed by atoms with E-state index in [-0.39, 0.29) is 24.7 Å². The van der Waals surface area contributed by atoms with Crippen LogP contribution in [0.2, 0.25) is 0 Å². The molecule has 0 aliphatic carbocycles. The molecular weight excluding hydrogens is 308 g/mol. The monoisotopic (exact) mass is 328 g/mol. The Hall–Kier alpha value is -3.02. The van der Waals surface area contributed by atoms with E-state index in [0.29, 0.717) is 11.5 Å². The predicted molar refractivity (Wildman–Crippen MR) is 89.7 cm³/mol. The number of ether oxygens (including phenoxy) is 2. The Bertz CT molecular complexity index is 701. The van der Waals surface area contributed by atoms with Crippen LogP contribution in [-0.4, -0.2) is 26.0 Å². The van der Waals surface area contributed by atoms with Crippen LogP contribution in [0.4, 0.5) is 0 Å². The van der Waals surface area contributed by atoms with Gasteiger partial charge >= 0.3 is 0 Å². The molecule has 2 aromatic carbocycles. The summed E-state index contributed by atoms with van der Waals surface area (Å²) in [5.41, 5.74) is 6.45. The lowest BCUT2D eigenvalue weighted by Gasteiger charge is -2.10. The Kier molecular flexibility index (Phi) is 6.19. The SMILES string of the molecule is COc1ccc(CC(=O)NNC(=O)Cc2ccccc2)cc1OC. The molecule has 0 bridgehead atoms. The summed E-state index contributed by atoms with van der Waals surface area (Å²) in [6, 6.07) is 14.5. The third-order valence-electron chi connectivity index (χ3n) is 3.36. The first-order chi connectivity index (χ1) is 11.6. The van der Waals surface area contributed by atoms with E-state index >= 15 is 0 Å². The highest BCUT2D eigenvalue weighted by Crippen LogP contribution is 2.27. The van der Waals surface area contributed by atoms with Gasteiger partial charge in [0, 0.05) is 0 Å². The van der Waals surface area contributed by atoms with Crippen molar-refractivity contribution < 1.29 is 19.1 Å². The minimum Gasteiger partial charge on any atom is -0.493 e. The second kappa shape index (κ2) is 8.57. The molecule has 0 aliphatic heterocycles. The first-order valence-electron chi connectivity index (χ1n) is 7.45. The van der Waals surface area contributed by atoms with Crippen molar-refractivity contribution >= 4 is 11.8 Å². The van der Waals surface area contributed by atoms with E-state index in [0.717, 1.165) is 11.1 Å². The van der Waals surface area contributed by atoms with Gasteiger partial charge in [-0.3, -0.25) is 20.4 Å². The van der Waals surface area contributed by atoms with Gasteiger partial charge in [0.15, 0.2) is 11.5 Å². The van der Waals surface area contributed by atoms with Gasteiger partial charge in [0.05, 0.1) is 27.1 Å². The first-order valence-corrected chi connectivity index (χ1v) is 7.45. The van der Waals surface area contributed by atoms with Crippen molar-refractivity contribution in [1.29, 1.82) is 0 Å². The predicted octanol–water partition coefficient (Wildman–Crippen LogP) is 1.64. The lowest BCUT2D eigenvalue weighted by molar-refractivity contribution is -0.128. The maximum atomic E-state index is 11.9. The Labute approximate surface area is 140 Å². The van der Waals surface area contributed by atoms with Crippen molar-refractivity contribution in [2.24, 2.45) is 0 Å². The number of benzene rings is 2. The Morgan fingerprint density at radius 1 is 0.792 bits per heavy atom. The first kappa shape index (κ1) is 17.3. The average molecular weight is 328 g/mol. The number of nitrogens with one attached hydrogen (secondary N) is 2. The summed E-state index contributed by atoms with van der Waals surface area (Å²) >= 11 is 0. The van der Waals surface area contributed by atoms with Crippen LogP contribution in [0, 0.1) is 0 Å². The third kappa shape index (κ3) is 5.01. The zero-order chi connectivity index (χ0) is 17.4. The number of hydrogen-bond donors (Lipinski definition) is 2. The highest BCUT2D eigenvalue weighted by molar-refractivity contribution is 5.84. The largest absolute Gasteiger partial charge is 0.493 e. The van der Waals surface area contributed by atoms with E-state index in [1.807, 2.05) is 30.3 Å². The maximum Gasteiger partial charge on any atom is 0.242 e. The standard InChI is InChI=1S/C18H20N2O4/c1-23-15-9-8-14(10-16(15)24-2)12-18(22)20-19-17(21)11-13-6-4-3-5-7-13/h3-10H,11-12H2,1-2H3,(H,19,21)(H,20,22). The molecule has 2 amide bonds. The molecule has 0 fully saturated rings. The third-order valence-corrected chi connectivity index (χ3v) is 3.36. The van der Waals surface area contributed by atoms with Crippen molar-refractivity contribution in [2.45, 2.75) is 12.8 Å². The van der Waals surface area contributed by atoms with Gasteiger partial charge in [-0.25, -0.2) is 0 Å². The van der Waals surface area contributed by atoms with Crippen molar-refractivity contribution in [3.05, 3.63) is 59.7 Å². The summed E-state index contributed by atoms with van der Waals surface area (Å²) in [5.74, 6) is 0.555. The molecular formula is C18H20N2O4. The molecule has 0 saturated carbocycles. The fourth-order valence-electron chi connectivity index (χ4n) is 2.19. The van der Waals surface area contributed by atoms with E-state index in [9.17, 15) is 9.59 Å². The van der Waals surface area contributed by atoms with E-state index in [2.05, 4.69) is 10.9 Å². The minimum absolute atomic E-state index is 0.117. The summed E-state index contributed by atoms with van der Waals surface area (Å²) in [7, 11) is 3.08. The lowest BCUT2D eigenvalue weighted by atomic mass is 10.1. The second-order valence-electron chi connectivity index (χ2n) is 5.12. The van der Waals surface area contributed by atoms with Gasteiger partial charge in [0.2, 0.25) is 11.8 Å². The number of amides is 2. The molecule has 0 radical (unpaired) electrons. The molecule has 2 rings (SSSR count). The van der Waals surface area contributed by atoms with Crippen molar-refractivity contribution in [3.63, 3.8) is 0 Å². The van der Waals surface area contributed by atoms with Crippen LogP contribution in [-0.2, 0) is 22.4 Å².